The fraction of sp³-hybridized carbons (Fsp3) is 0.375. The van der Waals surface area contributed by atoms with Gasteiger partial charge in [0.25, 0.3) is 5.91 Å². The lowest BCUT2D eigenvalue weighted by atomic mass is 10.1. The average molecular weight is 309 g/mol. The number of amides is 1. The molecule has 0 aliphatic carbocycles. The van der Waals surface area contributed by atoms with Gasteiger partial charge in [-0.25, -0.2) is 9.18 Å². The molecule has 0 radical (unpaired) electrons. The number of hydrogen-bond donors (Lipinski definition) is 2. The third-order valence-corrected chi connectivity index (χ3v) is 2.99. The Kier molecular flexibility index (Phi) is 7.08. The molecule has 5 nitrogen and oxygen atoms in total. The Morgan fingerprint density at radius 1 is 1.41 bits per heavy atom. The summed E-state index contributed by atoms with van der Waals surface area (Å²) < 4.78 is 18.9. The summed E-state index contributed by atoms with van der Waals surface area (Å²) >= 11 is 0. The van der Waals surface area contributed by atoms with Crippen LogP contribution in [0.4, 0.5) is 4.39 Å². The molecule has 6 heteroatoms. The number of rotatable bonds is 8. The van der Waals surface area contributed by atoms with E-state index in [-0.39, 0.29) is 18.6 Å². The van der Waals surface area contributed by atoms with E-state index in [1.807, 2.05) is 0 Å². The fourth-order valence-electron chi connectivity index (χ4n) is 1.77. The molecule has 0 aromatic heterocycles. The van der Waals surface area contributed by atoms with E-state index in [0.717, 1.165) is 0 Å². The van der Waals surface area contributed by atoms with Gasteiger partial charge >= 0.3 is 5.97 Å². The zero-order valence-electron chi connectivity index (χ0n) is 12.6. The van der Waals surface area contributed by atoms with Gasteiger partial charge in [0, 0.05) is 0 Å². The molecule has 0 spiro atoms. The Labute approximate surface area is 128 Å². The second kappa shape index (κ2) is 8.81. The van der Waals surface area contributed by atoms with Crippen LogP contribution in [0, 0.1) is 5.82 Å². The number of benzene rings is 1. The second-order valence-electron chi connectivity index (χ2n) is 4.65. The van der Waals surface area contributed by atoms with Crippen LogP contribution in [0.1, 0.15) is 26.7 Å². The summed E-state index contributed by atoms with van der Waals surface area (Å²) in [6.45, 7) is 3.46. The predicted molar refractivity (Wildman–Crippen MR) is 80.1 cm³/mol. The van der Waals surface area contributed by atoms with Crippen LogP contribution in [-0.4, -0.2) is 29.1 Å². The quantitative estimate of drug-likeness (QED) is 0.724. The maximum absolute atomic E-state index is 13.5. The maximum atomic E-state index is 13.5. The number of nitrogens with one attached hydrogen (secondary N) is 1. The number of aliphatic carboxylic acids is 1. The van der Waals surface area contributed by atoms with Crippen molar-refractivity contribution in [2.75, 3.05) is 0 Å². The van der Waals surface area contributed by atoms with E-state index in [1.165, 1.54) is 18.2 Å². The Morgan fingerprint density at radius 3 is 2.64 bits per heavy atom. The van der Waals surface area contributed by atoms with Gasteiger partial charge in [0.2, 0.25) is 0 Å². The van der Waals surface area contributed by atoms with E-state index in [2.05, 4.69) is 5.32 Å². The molecule has 120 valence electrons. The Morgan fingerprint density at radius 2 is 2.09 bits per heavy atom. The topological polar surface area (TPSA) is 75.6 Å². The largest absolute Gasteiger partial charge is 0.480 e. The van der Waals surface area contributed by atoms with Gasteiger partial charge in [0.15, 0.2) is 17.7 Å². The summed E-state index contributed by atoms with van der Waals surface area (Å²) in [4.78, 5) is 23.2. The van der Waals surface area contributed by atoms with Crippen LogP contribution in [0.5, 0.6) is 5.75 Å². The first-order valence-electron chi connectivity index (χ1n) is 7.05. The van der Waals surface area contributed by atoms with E-state index < -0.39 is 29.8 Å². The van der Waals surface area contributed by atoms with Gasteiger partial charge in [-0.05, 0) is 31.9 Å². The molecule has 22 heavy (non-hydrogen) atoms. The van der Waals surface area contributed by atoms with Crippen molar-refractivity contribution < 1.29 is 23.8 Å². The highest BCUT2D eigenvalue weighted by molar-refractivity contribution is 5.86. The van der Waals surface area contributed by atoms with Crippen molar-refractivity contribution in [3.05, 3.63) is 42.2 Å². The van der Waals surface area contributed by atoms with Crippen LogP contribution >= 0.6 is 0 Å². The zero-order valence-corrected chi connectivity index (χ0v) is 12.6. The van der Waals surface area contributed by atoms with E-state index in [4.69, 9.17) is 9.84 Å². The van der Waals surface area contributed by atoms with Crippen molar-refractivity contribution in [3.63, 3.8) is 0 Å². The van der Waals surface area contributed by atoms with Gasteiger partial charge in [0.1, 0.15) is 6.04 Å². The zero-order chi connectivity index (χ0) is 16.5. The van der Waals surface area contributed by atoms with Gasteiger partial charge in [0.05, 0.1) is 0 Å². The average Bonchev–Trinajstić information content (AvgIpc) is 2.50. The van der Waals surface area contributed by atoms with Crippen molar-refractivity contribution in [1.82, 2.24) is 5.32 Å². The van der Waals surface area contributed by atoms with Gasteiger partial charge in [-0.3, -0.25) is 4.79 Å². The summed E-state index contributed by atoms with van der Waals surface area (Å²) in [6.07, 6.45) is 2.86. The van der Waals surface area contributed by atoms with E-state index in [1.54, 1.807) is 32.1 Å². The number of allylic oxidation sites excluding steroid dienone is 1. The molecule has 0 heterocycles. The van der Waals surface area contributed by atoms with Crippen LogP contribution < -0.4 is 10.1 Å². The number of carbonyl (C=O) groups excluding carboxylic acids is 1. The lowest BCUT2D eigenvalue weighted by Gasteiger charge is -2.20. The molecule has 0 fully saturated rings. The van der Waals surface area contributed by atoms with Gasteiger partial charge in [-0.15, -0.1) is 0 Å². The summed E-state index contributed by atoms with van der Waals surface area (Å²) in [7, 11) is 0. The number of carboxylic acids is 1. The normalized spacial score (nSPS) is 13.6. The Bertz CT molecular complexity index is 545. The number of para-hydroxylation sites is 1. The standard InChI is InChI=1S/C16H20FNO4/c1-3-5-9-12(16(20)21)18-15(19)13(4-2)22-14-10-7-6-8-11(14)17/h3,5-8,10,12-13H,4,9H2,1-2H3,(H,18,19)(H,20,21)/b5-3+. The SMILES string of the molecule is C/C=C/CC(NC(=O)C(CC)Oc1ccccc1F)C(=O)O. The molecule has 1 aromatic carbocycles. The first kappa shape index (κ1) is 17.7. The minimum Gasteiger partial charge on any atom is -0.480 e. The number of hydrogen-bond acceptors (Lipinski definition) is 3. The van der Waals surface area contributed by atoms with E-state index in [0.29, 0.717) is 0 Å². The van der Waals surface area contributed by atoms with Crippen LogP contribution in [0.25, 0.3) is 0 Å². The van der Waals surface area contributed by atoms with Crippen LogP contribution in [0.3, 0.4) is 0 Å². The summed E-state index contributed by atoms with van der Waals surface area (Å²) in [5.74, 6) is -2.32. The van der Waals surface area contributed by atoms with Gasteiger partial charge in [-0.2, -0.15) is 0 Å². The minimum atomic E-state index is -1.13. The van der Waals surface area contributed by atoms with Crippen molar-refractivity contribution in [1.29, 1.82) is 0 Å². The molecule has 0 aliphatic rings. The molecule has 2 unspecified atom stereocenters. The van der Waals surface area contributed by atoms with Crippen molar-refractivity contribution in [3.8, 4) is 5.75 Å². The minimum absolute atomic E-state index is 0.0372. The molecule has 1 aromatic rings. The molecule has 2 atom stereocenters. The second-order valence-corrected chi connectivity index (χ2v) is 4.65. The molecule has 2 N–H and O–H groups in total. The smallest absolute Gasteiger partial charge is 0.326 e. The number of halogens is 1. The molecule has 1 amide bonds. The fourth-order valence-corrected chi connectivity index (χ4v) is 1.77. The molecule has 1 rings (SSSR count). The van der Waals surface area contributed by atoms with Gasteiger partial charge in [-0.1, -0.05) is 31.2 Å². The van der Waals surface area contributed by atoms with Crippen molar-refractivity contribution in [2.24, 2.45) is 0 Å². The number of ether oxygens (including phenoxy) is 1. The first-order chi connectivity index (χ1) is 10.5. The molecule has 0 saturated heterocycles. The van der Waals surface area contributed by atoms with Crippen LogP contribution in [0.15, 0.2) is 36.4 Å². The highest BCUT2D eigenvalue weighted by Crippen LogP contribution is 2.18. The predicted octanol–water partition coefficient (Wildman–Crippen LogP) is 2.52. The highest BCUT2D eigenvalue weighted by atomic mass is 19.1. The Hall–Kier alpha value is -2.37. The molecule has 0 saturated carbocycles. The highest BCUT2D eigenvalue weighted by Gasteiger charge is 2.25. The summed E-state index contributed by atoms with van der Waals surface area (Å²) in [6, 6.07) is 4.71. The van der Waals surface area contributed by atoms with E-state index >= 15 is 0 Å². The lowest BCUT2D eigenvalue weighted by Crippen LogP contribution is -2.46. The summed E-state index contributed by atoms with van der Waals surface area (Å²) in [5, 5.41) is 11.5. The van der Waals surface area contributed by atoms with Crippen molar-refractivity contribution >= 4 is 11.9 Å². The third kappa shape index (κ3) is 5.20. The van der Waals surface area contributed by atoms with Crippen LogP contribution in [0.2, 0.25) is 0 Å². The number of carbonyl (C=O) groups is 2. The molecular formula is C16H20FNO4. The molecule has 0 aliphatic heterocycles. The third-order valence-electron chi connectivity index (χ3n) is 2.99. The van der Waals surface area contributed by atoms with Gasteiger partial charge < -0.3 is 15.2 Å². The van der Waals surface area contributed by atoms with Crippen LogP contribution in [-0.2, 0) is 9.59 Å². The molecular weight excluding hydrogens is 289 g/mol. The van der Waals surface area contributed by atoms with Crippen molar-refractivity contribution in [2.45, 2.75) is 38.8 Å². The lowest BCUT2D eigenvalue weighted by molar-refractivity contribution is -0.143. The Balaban J connectivity index is 2.75. The number of carboxylic acid groups (broad SMARTS) is 1. The molecule has 0 bridgehead atoms. The van der Waals surface area contributed by atoms with E-state index in [9.17, 15) is 14.0 Å². The first-order valence-corrected chi connectivity index (χ1v) is 7.05. The maximum Gasteiger partial charge on any atom is 0.326 e. The monoisotopic (exact) mass is 309 g/mol. The summed E-state index contributed by atoms with van der Waals surface area (Å²) in [5.41, 5.74) is 0.